The summed E-state index contributed by atoms with van der Waals surface area (Å²) in [7, 11) is 0. The largest absolute Gasteiger partial charge is 0.451 e. The predicted molar refractivity (Wildman–Crippen MR) is 103 cm³/mol. The molecule has 0 aliphatic carbocycles. The molecule has 0 spiro atoms. The van der Waals surface area contributed by atoms with Gasteiger partial charge in [-0.2, -0.15) is 0 Å². The minimum absolute atomic E-state index is 0.00362. The quantitative estimate of drug-likeness (QED) is 0.771. The van der Waals surface area contributed by atoms with Gasteiger partial charge in [0.05, 0.1) is 18.6 Å². The minimum atomic E-state index is -0.446. The van der Waals surface area contributed by atoms with E-state index >= 15 is 0 Å². The number of rotatable bonds is 4. The first kappa shape index (κ1) is 17.5. The summed E-state index contributed by atoms with van der Waals surface area (Å²) in [5, 5.41) is 3.24. The third-order valence-corrected chi connectivity index (χ3v) is 4.58. The Bertz CT molecular complexity index is 1000. The van der Waals surface area contributed by atoms with Gasteiger partial charge in [0, 0.05) is 31.4 Å². The maximum atomic E-state index is 12.4. The Labute approximate surface area is 156 Å². The Morgan fingerprint density at radius 1 is 1.04 bits per heavy atom. The summed E-state index contributed by atoms with van der Waals surface area (Å²) in [5.41, 5.74) is 1.99. The van der Waals surface area contributed by atoms with Crippen LogP contribution in [0.25, 0.3) is 11.0 Å². The van der Waals surface area contributed by atoms with E-state index in [-0.39, 0.29) is 11.2 Å². The molecule has 0 atom stereocenters. The van der Waals surface area contributed by atoms with Gasteiger partial charge in [0.25, 0.3) is 5.91 Å². The van der Waals surface area contributed by atoms with Crippen LogP contribution in [0.5, 0.6) is 0 Å². The van der Waals surface area contributed by atoms with Crippen molar-refractivity contribution in [2.24, 2.45) is 0 Å². The summed E-state index contributed by atoms with van der Waals surface area (Å²) in [6.45, 7) is 4.26. The fourth-order valence-electron chi connectivity index (χ4n) is 3.12. The first-order valence-corrected chi connectivity index (χ1v) is 8.92. The van der Waals surface area contributed by atoms with Gasteiger partial charge < -0.3 is 14.5 Å². The molecule has 1 fully saturated rings. The van der Waals surface area contributed by atoms with Gasteiger partial charge in [-0.3, -0.25) is 14.5 Å². The molecule has 1 amide bonds. The number of hydrogen-bond donors (Lipinski definition) is 1. The second-order valence-corrected chi connectivity index (χ2v) is 6.51. The van der Waals surface area contributed by atoms with Crippen molar-refractivity contribution in [1.82, 2.24) is 4.90 Å². The smallest absolute Gasteiger partial charge is 0.291 e. The lowest BCUT2D eigenvalue weighted by Crippen LogP contribution is -2.35. The van der Waals surface area contributed by atoms with Crippen LogP contribution in [0.4, 0.5) is 5.69 Å². The normalized spacial score (nSPS) is 15.0. The minimum Gasteiger partial charge on any atom is -0.451 e. The molecule has 1 N–H and O–H groups in total. The highest BCUT2D eigenvalue weighted by atomic mass is 16.5. The summed E-state index contributed by atoms with van der Waals surface area (Å²) >= 11 is 0. The summed E-state index contributed by atoms with van der Waals surface area (Å²) in [6, 6.07) is 15.8. The van der Waals surface area contributed by atoms with Crippen LogP contribution in [-0.2, 0) is 11.3 Å². The van der Waals surface area contributed by atoms with Crippen LogP contribution in [0.15, 0.2) is 63.8 Å². The molecular weight excluding hydrogens is 344 g/mol. The second kappa shape index (κ2) is 7.73. The maximum Gasteiger partial charge on any atom is 0.291 e. The number of anilines is 1. The lowest BCUT2D eigenvalue weighted by molar-refractivity contribution is 0.0342. The number of morpholine rings is 1. The number of benzene rings is 2. The van der Waals surface area contributed by atoms with Crippen LogP contribution in [0, 0.1) is 0 Å². The van der Waals surface area contributed by atoms with Crippen LogP contribution in [-0.4, -0.2) is 37.1 Å². The van der Waals surface area contributed by atoms with Crippen molar-refractivity contribution in [3.8, 4) is 0 Å². The van der Waals surface area contributed by atoms with E-state index in [0.717, 1.165) is 32.8 Å². The number of hydrogen-bond acceptors (Lipinski definition) is 5. The summed E-state index contributed by atoms with van der Waals surface area (Å²) in [4.78, 5) is 26.9. The molecule has 0 saturated carbocycles. The van der Waals surface area contributed by atoms with E-state index in [1.54, 1.807) is 24.3 Å². The van der Waals surface area contributed by atoms with Crippen molar-refractivity contribution in [3.63, 3.8) is 0 Å². The van der Waals surface area contributed by atoms with Crippen molar-refractivity contribution in [1.29, 1.82) is 0 Å². The number of nitrogens with one attached hydrogen (secondary N) is 1. The Hall–Kier alpha value is -2.96. The molecule has 1 aromatic heterocycles. The fourth-order valence-corrected chi connectivity index (χ4v) is 3.12. The summed E-state index contributed by atoms with van der Waals surface area (Å²) in [5.74, 6) is -0.449. The molecule has 0 radical (unpaired) electrons. The molecule has 1 aliphatic rings. The van der Waals surface area contributed by atoms with E-state index in [2.05, 4.69) is 10.2 Å². The predicted octanol–water partition coefficient (Wildman–Crippen LogP) is 2.88. The number of fused-ring (bicyclic) bond motifs is 1. The molecule has 0 bridgehead atoms. The van der Waals surface area contributed by atoms with Crippen LogP contribution < -0.4 is 10.7 Å². The number of para-hydroxylation sites is 1. The first-order chi connectivity index (χ1) is 13.2. The molecule has 27 heavy (non-hydrogen) atoms. The maximum absolute atomic E-state index is 12.4. The molecule has 2 heterocycles. The molecule has 0 unspecified atom stereocenters. The fraction of sp³-hybridized carbons (Fsp3) is 0.238. The molecule has 2 aromatic carbocycles. The van der Waals surface area contributed by atoms with E-state index in [4.69, 9.17) is 9.15 Å². The third kappa shape index (κ3) is 4.07. The van der Waals surface area contributed by atoms with Crippen molar-refractivity contribution >= 4 is 22.6 Å². The van der Waals surface area contributed by atoms with Gasteiger partial charge in [0.2, 0.25) is 0 Å². The van der Waals surface area contributed by atoms with E-state index < -0.39 is 5.91 Å². The molecular formula is C21H20N2O4. The molecule has 3 aromatic rings. The number of amides is 1. The molecule has 6 heteroatoms. The van der Waals surface area contributed by atoms with Gasteiger partial charge in [-0.05, 0) is 29.8 Å². The van der Waals surface area contributed by atoms with Crippen LogP contribution >= 0.6 is 0 Å². The second-order valence-electron chi connectivity index (χ2n) is 6.51. The zero-order valence-corrected chi connectivity index (χ0v) is 14.8. The lowest BCUT2D eigenvalue weighted by atomic mass is 10.2. The van der Waals surface area contributed by atoms with E-state index in [0.29, 0.717) is 16.7 Å². The van der Waals surface area contributed by atoms with Gasteiger partial charge >= 0.3 is 0 Å². The molecule has 4 rings (SSSR count). The Morgan fingerprint density at radius 2 is 1.78 bits per heavy atom. The van der Waals surface area contributed by atoms with E-state index in [1.165, 1.54) is 11.6 Å². The zero-order chi connectivity index (χ0) is 18.6. The monoisotopic (exact) mass is 364 g/mol. The topological polar surface area (TPSA) is 71.8 Å². The molecule has 1 aliphatic heterocycles. The Kier molecular flexibility index (Phi) is 5.00. The summed E-state index contributed by atoms with van der Waals surface area (Å²) < 4.78 is 10.9. The van der Waals surface area contributed by atoms with Gasteiger partial charge in [-0.25, -0.2) is 0 Å². The van der Waals surface area contributed by atoms with E-state index in [9.17, 15) is 9.59 Å². The Balaban J connectivity index is 1.45. The third-order valence-electron chi connectivity index (χ3n) is 4.58. The molecule has 138 valence electrons. The van der Waals surface area contributed by atoms with Crippen LogP contribution in [0.1, 0.15) is 16.1 Å². The van der Waals surface area contributed by atoms with Crippen molar-refractivity contribution < 1.29 is 13.9 Å². The van der Waals surface area contributed by atoms with Gasteiger partial charge in [-0.15, -0.1) is 0 Å². The highest BCUT2D eigenvalue weighted by molar-refractivity contribution is 6.02. The van der Waals surface area contributed by atoms with Gasteiger partial charge in [0.15, 0.2) is 11.2 Å². The van der Waals surface area contributed by atoms with Gasteiger partial charge in [-0.1, -0.05) is 24.3 Å². The zero-order valence-electron chi connectivity index (χ0n) is 14.8. The highest BCUT2D eigenvalue weighted by Gasteiger charge is 2.13. The number of carbonyl (C=O) groups is 1. The van der Waals surface area contributed by atoms with Crippen LogP contribution in [0.2, 0.25) is 0 Å². The SMILES string of the molecule is O=C(Nc1ccc(CN2CCOCC2)cc1)c1cc(=O)c2ccccc2o1. The average Bonchev–Trinajstić information content (AvgIpc) is 2.70. The first-order valence-electron chi connectivity index (χ1n) is 8.92. The van der Waals surface area contributed by atoms with Crippen molar-refractivity contribution in [2.45, 2.75) is 6.54 Å². The van der Waals surface area contributed by atoms with Crippen molar-refractivity contribution in [3.05, 3.63) is 76.1 Å². The summed E-state index contributed by atoms with van der Waals surface area (Å²) in [6.07, 6.45) is 0. The average molecular weight is 364 g/mol. The van der Waals surface area contributed by atoms with Crippen molar-refractivity contribution in [2.75, 3.05) is 31.6 Å². The Morgan fingerprint density at radius 3 is 2.56 bits per heavy atom. The molecule has 1 saturated heterocycles. The number of ether oxygens (including phenoxy) is 1. The standard InChI is InChI=1S/C21H20N2O4/c24-18-13-20(27-19-4-2-1-3-17(18)19)21(25)22-16-7-5-15(6-8-16)14-23-9-11-26-12-10-23/h1-8,13H,9-12,14H2,(H,22,25). The number of nitrogens with zero attached hydrogens (tertiary/aromatic N) is 1. The lowest BCUT2D eigenvalue weighted by Gasteiger charge is -2.26. The van der Waals surface area contributed by atoms with Gasteiger partial charge in [0.1, 0.15) is 5.58 Å². The number of carbonyl (C=O) groups excluding carboxylic acids is 1. The molecule has 6 nitrogen and oxygen atoms in total. The highest BCUT2D eigenvalue weighted by Crippen LogP contribution is 2.16. The van der Waals surface area contributed by atoms with E-state index in [1.807, 2.05) is 24.3 Å². The van der Waals surface area contributed by atoms with Crippen LogP contribution in [0.3, 0.4) is 0 Å².